The molecule has 2 heterocycles. The third-order valence-electron chi connectivity index (χ3n) is 3.17. The first-order chi connectivity index (χ1) is 11.9. The molecule has 2 aromatic heterocycles. The molecule has 0 saturated carbocycles. The average molecular weight is 378 g/mol. The van der Waals surface area contributed by atoms with Crippen LogP contribution in [0.15, 0.2) is 60.1 Å². The van der Waals surface area contributed by atoms with E-state index >= 15 is 0 Å². The molecule has 25 heavy (non-hydrogen) atoms. The third-order valence-corrected chi connectivity index (χ3v) is 3.94. The van der Waals surface area contributed by atoms with Crippen LogP contribution < -0.4 is 4.74 Å². The van der Waals surface area contributed by atoms with E-state index in [4.69, 9.17) is 16.3 Å². The van der Waals surface area contributed by atoms with E-state index in [1.165, 1.54) is 0 Å². The number of ether oxygens (including phenoxy) is 1. The molecule has 5 nitrogen and oxygen atoms in total. The van der Waals surface area contributed by atoms with Gasteiger partial charge in [-0.1, -0.05) is 32.4 Å². The van der Waals surface area contributed by atoms with Crippen molar-refractivity contribution >= 4 is 28.7 Å². The quantitative estimate of drug-likeness (QED) is 0.650. The molecule has 0 bridgehead atoms. The van der Waals surface area contributed by atoms with Crippen molar-refractivity contribution in [3.8, 4) is 5.75 Å². The molecule has 0 fully saturated rings. The normalized spacial score (nSPS) is 12.0. The van der Waals surface area contributed by atoms with Crippen LogP contribution in [0.25, 0.3) is 0 Å². The molecule has 0 N–H and O–H groups in total. The van der Waals surface area contributed by atoms with Crippen molar-refractivity contribution < 1.29 is 9.53 Å². The van der Waals surface area contributed by atoms with Crippen LogP contribution in [0.3, 0.4) is 0 Å². The Hall–Kier alpha value is -2.18. The average Bonchev–Trinajstić information content (AvgIpc) is 3.28. The Morgan fingerprint density at radius 3 is 2.36 bits per heavy atom. The van der Waals surface area contributed by atoms with Crippen molar-refractivity contribution in [1.82, 2.24) is 14.5 Å². The van der Waals surface area contributed by atoms with Gasteiger partial charge in [0.25, 0.3) is 0 Å². The molecule has 0 amide bonds. The van der Waals surface area contributed by atoms with Gasteiger partial charge in [-0.05, 0) is 24.3 Å². The summed E-state index contributed by atoms with van der Waals surface area (Å²) in [6.45, 7) is 5.60. The highest BCUT2D eigenvalue weighted by Gasteiger charge is 2.32. The molecule has 0 aliphatic rings. The molecular weight excluding hydrogens is 358 g/mol. The van der Waals surface area contributed by atoms with Gasteiger partial charge in [0.15, 0.2) is 5.78 Å². The van der Waals surface area contributed by atoms with Crippen molar-refractivity contribution in [2.24, 2.45) is 5.41 Å². The summed E-state index contributed by atoms with van der Waals surface area (Å²) in [5.74, 6) is 0.566. The van der Waals surface area contributed by atoms with Crippen LogP contribution in [0.5, 0.6) is 5.75 Å². The van der Waals surface area contributed by atoms with E-state index < -0.39 is 11.6 Å². The number of ketones is 1. The number of carbonyl (C=O) groups excluding carboxylic acids is 1. The van der Waals surface area contributed by atoms with Gasteiger partial charge < -0.3 is 4.74 Å². The first-order valence-corrected chi connectivity index (χ1v) is 8.96. The van der Waals surface area contributed by atoms with Crippen LogP contribution in [-0.4, -0.2) is 20.3 Å². The van der Waals surface area contributed by atoms with Crippen LogP contribution in [0.2, 0.25) is 5.02 Å². The highest BCUT2D eigenvalue weighted by atomic mass is 35.5. The SMILES string of the molecule is CC(C)(C)C(=O)C(Oc1ccc(Cl)cc1)n1ccnc1.c1cscn1. The van der Waals surface area contributed by atoms with Crippen molar-refractivity contribution in [3.05, 3.63) is 65.1 Å². The van der Waals surface area contributed by atoms with E-state index in [1.807, 2.05) is 26.2 Å². The molecule has 1 atom stereocenters. The Labute approximate surface area is 156 Å². The zero-order valence-electron chi connectivity index (χ0n) is 14.3. The van der Waals surface area contributed by atoms with Crippen LogP contribution >= 0.6 is 22.9 Å². The predicted octanol–water partition coefficient (Wildman–Crippen LogP) is 4.87. The lowest BCUT2D eigenvalue weighted by Gasteiger charge is -2.26. The van der Waals surface area contributed by atoms with E-state index in [-0.39, 0.29) is 5.78 Å². The fraction of sp³-hybridized carbons (Fsp3) is 0.278. The molecule has 1 aromatic carbocycles. The van der Waals surface area contributed by atoms with Crippen LogP contribution in [-0.2, 0) is 4.79 Å². The summed E-state index contributed by atoms with van der Waals surface area (Å²) in [5.41, 5.74) is 1.28. The summed E-state index contributed by atoms with van der Waals surface area (Å²) in [5, 5.41) is 2.55. The van der Waals surface area contributed by atoms with Crippen LogP contribution in [0.1, 0.15) is 27.0 Å². The second kappa shape index (κ2) is 8.78. The molecule has 0 saturated heterocycles. The standard InChI is InChI=1S/C15H17ClN2O2.C3H3NS/c1-15(2,3)13(19)14(18-9-8-17-10-18)20-12-6-4-11(16)5-7-12;1-2-5-3-4-1/h4-10,14H,1-3H3;1-3H. The summed E-state index contributed by atoms with van der Waals surface area (Å²) < 4.78 is 7.47. The second-order valence-corrected chi connectivity index (χ2v) is 7.42. The van der Waals surface area contributed by atoms with Crippen LogP contribution in [0, 0.1) is 5.41 Å². The zero-order chi connectivity index (χ0) is 18.3. The zero-order valence-corrected chi connectivity index (χ0v) is 15.9. The second-order valence-electron chi connectivity index (χ2n) is 6.22. The van der Waals surface area contributed by atoms with Gasteiger partial charge in [-0.2, -0.15) is 0 Å². The maximum atomic E-state index is 12.5. The minimum absolute atomic E-state index is 0.0227. The first kappa shape index (κ1) is 19.1. The summed E-state index contributed by atoms with van der Waals surface area (Å²) in [7, 11) is 0. The van der Waals surface area contributed by atoms with E-state index in [2.05, 4.69) is 9.97 Å². The molecule has 0 aliphatic carbocycles. The fourth-order valence-electron chi connectivity index (χ4n) is 1.85. The number of aromatic nitrogens is 3. The molecule has 0 radical (unpaired) electrons. The molecule has 1 unspecified atom stereocenters. The number of thiazole rings is 1. The highest BCUT2D eigenvalue weighted by molar-refractivity contribution is 7.07. The van der Waals surface area contributed by atoms with Crippen molar-refractivity contribution in [2.75, 3.05) is 0 Å². The van der Waals surface area contributed by atoms with Gasteiger partial charge in [0.2, 0.25) is 6.23 Å². The number of nitrogens with zero attached hydrogens (tertiary/aromatic N) is 3. The molecule has 132 valence electrons. The summed E-state index contributed by atoms with van der Waals surface area (Å²) in [4.78, 5) is 20.2. The lowest BCUT2D eigenvalue weighted by molar-refractivity contribution is -0.137. The minimum atomic E-state index is -0.737. The number of Topliss-reactive ketones (excluding diaryl/α,β-unsaturated/α-hetero) is 1. The fourth-order valence-corrected chi connectivity index (χ4v) is 2.32. The molecule has 7 heteroatoms. The van der Waals surface area contributed by atoms with Gasteiger partial charge >= 0.3 is 0 Å². The Morgan fingerprint density at radius 2 is 1.92 bits per heavy atom. The van der Waals surface area contributed by atoms with E-state index in [0.29, 0.717) is 10.8 Å². The maximum Gasteiger partial charge on any atom is 0.236 e. The third kappa shape index (κ3) is 5.99. The van der Waals surface area contributed by atoms with Gasteiger partial charge in [-0.25, -0.2) is 4.98 Å². The van der Waals surface area contributed by atoms with Gasteiger partial charge in [-0.3, -0.25) is 14.3 Å². The van der Waals surface area contributed by atoms with Crippen molar-refractivity contribution in [2.45, 2.75) is 27.0 Å². The van der Waals surface area contributed by atoms with E-state index in [0.717, 1.165) is 0 Å². The van der Waals surface area contributed by atoms with Gasteiger partial charge in [0, 0.05) is 34.4 Å². The Bertz CT molecular complexity index is 734. The number of rotatable bonds is 4. The topological polar surface area (TPSA) is 57.0 Å². The Balaban J connectivity index is 0.000000386. The molecule has 0 aliphatic heterocycles. The smallest absolute Gasteiger partial charge is 0.236 e. The monoisotopic (exact) mass is 377 g/mol. The summed E-state index contributed by atoms with van der Waals surface area (Å²) in [6.07, 6.45) is 5.94. The first-order valence-electron chi connectivity index (χ1n) is 7.64. The van der Waals surface area contributed by atoms with Gasteiger partial charge in [0.05, 0.1) is 11.8 Å². The van der Waals surface area contributed by atoms with Crippen molar-refractivity contribution in [1.29, 1.82) is 0 Å². The largest absolute Gasteiger partial charge is 0.463 e. The Kier molecular flexibility index (Phi) is 6.73. The molecule has 0 spiro atoms. The number of hydrogen-bond donors (Lipinski definition) is 0. The lowest BCUT2D eigenvalue weighted by atomic mass is 9.89. The summed E-state index contributed by atoms with van der Waals surface area (Å²) in [6, 6.07) is 6.93. The van der Waals surface area contributed by atoms with E-state index in [1.54, 1.807) is 70.6 Å². The van der Waals surface area contributed by atoms with Gasteiger partial charge in [0.1, 0.15) is 5.75 Å². The predicted molar refractivity (Wildman–Crippen MR) is 99.9 cm³/mol. The molecule has 3 rings (SSSR count). The summed E-state index contributed by atoms with van der Waals surface area (Å²) >= 11 is 7.45. The van der Waals surface area contributed by atoms with Crippen molar-refractivity contribution in [3.63, 3.8) is 0 Å². The Morgan fingerprint density at radius 1 is 1.20 bits per heavy atom. The number of hydrogen-bond acceptors (Lipinski definition) is 5. The molecule has 3 aromatic rings. The minimum Gasteiger partial charge on any atom is -0.463 e. The number of carbonyl (C=O) groups is 1. The molecular formula is C18H20ClN3O2S. The highest BCUT2D eigenvalue weighted by Crippen LogP contribution is 2.27. The van der Waals surface area contributed by atoms with Crippen LogP contribution in [0.4, 0.5) is 0 Å². The lowest BCUT2D eigenvalue weighted by Crippen LogP contribution is -2.33. The number of halogens is 1. The number of benzene rings is 1. The number of imidazole rings is 1. The maximum absolute atomic E-state index is 12.5. The van der Waals surface area contributed by atoms with Gasteiger partial charge in [-0.15, -0.1) is 11.3 Å². The van der Waals surface area contributed by atoms with E-state index in [9.17, 15) is 4.79 Å².